The van der Waals surface area contributed by atoms with Crippen LogP contribution >= 0.6 is 0 Å². The minimum absolute atomic E-state index is 0.0479. The largest absolute Gasteiger partial charge is 0.489 e. The molecule has 59 heavy (non-hydrogen) atoms. The Hall–Kier alpha value is -4.64. The number of aromatic nitrogens is 1. The lowest BCUT2D eigenvalue weighted by atomic mass is 9.88. The van der Waals surface area contributed by atoms with Gasteiger partial charge >= 0.3 is 6.09 Å². The van der Waals surface area contributed by atoms with Gasteiger partial charge in [-0.2, -0.15) is 0 Å². The minimum atomic E-state index is -3.69. The van der Waals surface area contributed by atoms with Crippen LogP contribution < -0.4 is 35.7 Å². The molecule has 17 heteroatoms. The Balaban J connectivity index is 1.09. The maximum absolute atomic E-state index is 14.5. The van der Waals surface area contributed by atoms with Gasteiger partial charge in [-0.1, -0.05) is 32.9 Å². The molecule has 3 fully saturated rings. The van der Waals surface area contributed by atoms with Crippen molar-refractivity contribution < 1.29 is 41.8 Å². The van der Waals surface area contributed by atoms with E-state index in [0.717, 1.165) is 35.2 Å². The van der Waals surface area contributed by atoms with Gasteiger partial charge in [0.15, 0.2) is 5.75 Å². The lowest BCUT2D eigenvalue weighted by molar-refractivity contribution is -0.140. The maximum atomic E-state index is 14.5. The number of hydrazine groups is 1. The van der Waals surface area contributed by atoms with Crippen LogP contribution in [0.2, 0.25) is 0 Å². The zero-order chi connectivity index (χ0) is 43.1. The molecule has 6 rings (SSSR count). The number of carbonyl (C=O) groups excluding carboxylic acids is 4. The van der Waals surface area contributed by atoms with Crippen LogP contribution in [0.15, 0.2) is 36.5 Å². The van der Waals surface area contributed by atoms with Gasteiger partial charge in [-0.05, 0) is 102 Å². The lowest BCUT2D eigenvalue weighted by Crippen LogP contribution is -2.58. The van der Waals surface area contributed by atoms with Crippen molar-refractivity contribution in [3.63, 3.8) is 0 Å². The number of rotatable bonds is 16. The first-order valence-electron chi connectivity index (χ1n) is 20.6. The van der Waals surface area contributed by atoms with Crippen LogP contribution in [0.3, 0.4) is 0 Å². The molecule has 0 bridgehead atoms. The van der Waals surface area contributed by atoms with Gasteiger partial charge in [0.2, 0.25) is 33.6 Å². The number of likely N-dealkylation sites (tertiary alicyclic amines) is 1. The average molecular weight is 840 g/mol. The van der Waals surface area contributed by atoms with Crippen molar-refractivity contribution in [2.45, 2.75) is 122 Å². The number of hydrogen-bond acceptors (Lipinski definition) is 12. The van der Waals surface area contributed by atoms with Gasteiger partial charge in [-0.3, -0.25) is 24.5 Å². The summed E-state index contributed by atoms with van der Waals surface area (Å²) in [5, 5.41) is 1.59. The van der Waals surface area contributed by atoms with Gasteiger partial charge in [0, 0.05) is 30.4 Å². The van der Waals surface area contributed by atoms with E-state index in [1.165, 1.54) is 4.90 Å². The molecular weight excluding hydrogens is 779 g/mol. The summed E-state index contributed by atoms with van der Waals surface area (Å²) < 4.78 is 44.5. The number of fused-ring (bicyclic) bond motifs is 3. The number of ether oxygens (including phenoxy) is 3. The molecular formula is C42H61N7O9S. The molecule has 1 aromatic heterocycles. The van der Waals surface area contributed by atoms with Crippen molar-refractivity contribution >= 4 is 50.3 Å². The number of primary amides is 1. The molecule has 1 aromatic carbocycles. The summed E-state index contributed by atoms with van der Waals surface area (Å²) in [6.07, 6.45) is 8.23. The smallest absolute Gasteiger partial charge is 0.422 e. The highest BCUT2D eigenvalue weighted by atomic mass is 32.2. The quantitative estimate of drug-likeness (QED) is 0.138. The first-order valence-corrected chi connectivity index (χ1v) is 22.1. The zero-order valence-electron chi connectivity index (χ0n) is 35.5. The zero-order valence-corrected chi connectivity index (χ0v) is 36.3. The van der Waals surface area contributed by atoms with E-state index in [2.05, 4.69) is 32.4 Å². The Morgan fingerprint density at radius 3 is 2.53 bits per heavy atom. The van der Waals surface area contributed by atoms with Gasteiger partial charge in [0.1, 0.15) is 30.4 Å². The predicted octanol–water partition coefficient (Wildman–Crippen LogP) is 4.32. The fraction of sp³-hybridized carbons (Fsp3) is 0.643. The van der Waals surface area contributed by atoms with E-state index in [0.29, 0.717) is 44.6 Å². The normalized spacial score (nSPS) is 25.1. The van der Waals surface area contributed by atoms with Crippen molar-refractivity contribution in [3.8, 4) is 11.6 Å². The molecule has 3 heterocycles. The summed E-state index contributed by atoms with van der Waals surface area (Å²) in [6.45, 7) is 14.0. The summed E-state index contributed by atoms with van der Waals surface area (Å²) >= 11 is 0. The number of sulfonamides is 1. The van der Waals surface area contributed by atoms with Crippen LogP contribution in [-0.4, -0.2) is 97.4 Å². The van der Waals surface area contributed by atoms with Crippen molar-refractivity contribution in [2.75, 3.05) is 31.6 Å². The molecule has 2 aromatic rings. The molecule has 5 N–H and O–H groups in total. The fourth-order valence-electron chi connectivity index (χ4n) is 8.04. The van der Waals surface area contributed by atoms with Crippen molar-refractivity contribution in [1.29, 1.82) is 0 Å². The van der Waals surface area contributed by atoms with E-state index in [-0.39, 0.29) is 30.7 Å². The van der Waals surface area contributed by atoms with E-state index in [1.54, 1.807) is 40.8 Å². The number of benzene rings is 1. The Bertz CT molecular complexity index is 2080. The van der Waals surface area contributed by atoms with Crippen LogP contribution in [0, 0.1) is 23.2 Å². The second-order valence-electron chi connectivity index (χ2n) is 18.5. The molecule has 2 aliphatic carbocycles. The number of allylic oxidation sites excluding steroid dienone is 2. The number of pyridine rings is 1. The summed E-state index contributed by atoms with van der Waals surface area (Å²) in [7, 11) is -1.68. The summed E-state index contributed by atoms with van der Waals surface area (Å²) in [4.78, 5) is 61.0. The Kier molecular flexibility index (Phi) is 12.5. The topological polar surface area (TPSA) is 212 Å². The van der Waals surface area contributed by atoms with E-state index in [9.17, 15) is 27.6 Å². The first-order chi connectivity index (χ1) is 27.6. The number of nitrogens with two attached hydrogens (primary N) is 1. The SMILES string of the molecule is C[C@@H](CC/C=C\[C@@H]1C[C@]1(C)C(=O)NS(=O)(=O)C1(C)CC1)C[C@@H](C)[C@H](NNC(=O)OC(C)(C)C)C(=O)N1C[C@H](Oc2nccc3c4c(ccc23)N(C)CCO4)C[C@H]1C(N)=O. The van der Waals surface area contributed by atoms with Crippen molar-refractivity contribution in [3.05, 3.63) is 36.5 Å². The van der Waals surface area contributed by atoms with E-state index in [4.69, 9.17) is 19.9 Å². The maximum Gasteiger partial charge on any atom is 0.422 e. The third-order valence-electron chi connectivity index (χ3n) is 12.3. The second kappa shape index (κ2) is 16.8. The molecule has 0 spiro atoms. The monoisotopic (exact) mass is 839 g/mol. The fourth-order valence-corrected chi connectivity index (χ4v) is 9.40. The molecule has 16 nitrogen and oxygen atoms in total. The van der Waals surface area contributed by atoms with Gasteiger partial charge in [-0.15, -0.1) is 0 Å². The number of hydrogen-bond donors (Lipinski definition) is 4. The molecule has 2 aliphatic heterocycles. The number of amides is 4. The standard InChI is InChI=1S/C42H61N7O9S/c1-25(11-9-10-12-27-23-42(27,7)38(52)47-59(54,55)41(6)16-17-41)21-26(2)33(45-46-39(53)58-40(3,4)5)37(51)49-24-28(22-32(49)35(43)50)57-36-30-13-14-31-34(29(30)15-18-44-36)56-20-19-48(31)8/h10,12-15,18,25-28,32-33,45H,9,11,16-17,19-24H2,1-8H3,(H2,43,50)(H,46,53)(H,47,52)/b12-10-/t25-,26+,27+,28+,32-,33-,42-/m0/s1. The Labute approximate surface area is 347 Å². The van der Waals surface area contributed by atoms with Crippen molar-refractivity contribution in [1.82, 2.24) is 25.5 Å². The summed E-state index contributed by atoms with van der Waals surface area (Å²) in [5.41, 5.74) is 10.8. The molecule has 7 atom stereocenters. The first kappa shape index (κ1) is 43.9. The highest BCUT2D eigenvalue weighted by Crippen LogP contribution is 2.54. The number of nitrogens with one attached hydrogen (secondary N) is 3. The van der Waals surface area contributed by atoms with Gasteiger partial charge in [-0.25, -0.2) is 23.6 Å². The third kappa shape index (κ3) is 9.88. The third-order valence-corrected chi connectivity index (χ3v) is 14.4. The highest BCUT2D eigenvalue weighted by Gasteiger charge is 2.58. The Morgan fingerprint density at radius 2 is 1.85 bits per heavy atom. The van der Waals surface area contributed by atoms with Crippen LogP contribution in [0.5, 0.6) is 11.6 Å². The highest BCUT2D eigenvalue weighted by molar-refractivity contribution is 7.91. The van der Waals surface area contributed by atoms with E-state index in [1.807, 2.05) is 44.3 Å². The molecule has 324 valence electrons. The number of nitrogens with zero attached hydrogens (tertiary/aromatic N) is 3. The van der Waals surface area contributed by atoms with Gasteiger partial charge in [0.25, 0.3) is 0 Å². The van der Waals surface area contributed by atoms with Crippen molar-refractivity contribution in [2.24, 2.45) is 28.9 Å². The van der Waals surface area contributed by atoms with Crippen LogP contribution in [0.4, 0.5) is 10.5 Å². The molecule has 0 unspecified atom stereocenters. The number of anilines is 1. The van der Waals surface area contributed by atoms with E-state index >= 15 is 0 Å². The molecule has 2 saturated carbocycles. The predicted molar refractivity (Wildman–Crippen MR) is 223 cm³/mol. The molecule has 4 amide bonds. The number of carbonyl (C=O) groups is 4. The number of likely N-dealkylation sites (N-methyl/N-ethyl adjacent to an activating group) is 1. The van der Waals surface area contributed by atoms with E-state index < -0.39 is 67.8 Å². The summed E-state index contributed by atoms with van der Waals surface area (Å²) in [6, 6.07) is 3.86. The van der Waals surface area contributed by atoms with Crippen LogP contribution in [-0.2, 0) is 29.1 Å². The van der Waals surface area contributed by atoms with Crippen LogP contribution in [0.25, 0.3) is 10.8 Å². The van der Waals surface area contributed by atoms with Crippen LogP contribution in [0.1, 0.15) is 93.4 Å². The summed E-state index contributed by atoms with van der Waals surface area (Å²) in [5.74, 6) is -0.671. The molecule has 0 radical (unpaired) electrons. The second-order valence-corrected chi connectivity index (χ2v) is 20.7. The molecule has 4 aliphatic rings. The average Bonchev–Trinajstić information content (AvgIpc) is 4.02. The molecule has 1 saturated heterocycles. The van der Waals surface area contributed by atoms with Gasteiger partial charge < -0.3 is 29.7 Å². The Morgan fingerprint density at radius 1 is 1.12 bits per heavy atom. The van der Waals surface area contributed by atoms with Gasteiger partial charge in [0.05, 0.1) is 28.9 Å². The lowest BCUT2D eigenvalue weighted by Gasteiger charge is -2.32. The minimum Gasteiger partial charge on any atom is -0.489 e.